The Morgan fingerprint density at radius 3 is 2.58 bits per heavy atom. The van der Waals surface area contributed by atoms with E-state index in [4.69, 9.17) is 0 Å². The van der Waals surface area contributed by atoms with E-state index in [-0.39, 0.29) is 5.91 Å². The van der Waals surface area contributed by atoms with E-state index in [1.54, 1.807) is 42.9 Å². The Hall–Kier alpha value is -2.66. The molecule has 0 spiro atoms. The number of rotatable bonds is 4. The molecule has 120 valence electrons. The predicted octanol–water partition coefficient (Wildman–Crippen LogP) is 4.50. The quantitative estimate of drug-likeness (QED) is 0.763. The van der Waals surface area contributed by atoms with Gasteiger partial charge in [-0.05, 0) is 49.7 Å². The first-order valence-electron chi connectivity index (χ1n) is 7.55. The Bertz CT molecular complexity index is 865. The number of hydrogen-bond acceptors (Lipinski definition) is 4. The first-order valence-corrected chi connectivity index (χ1v) is 8.36. The van der Waals surface area contributed by atoms with Crippen LogP contribution < -0.4 is 5.32 Å². The highest BCUT2D eigenvalue weighted by molar-refractivity contribution is 7.99. The van der Waals surface area contributed by atoms with Crippen LogP contribution in [0.25, 0.3) is 0 Å². The topological polar surface area (TPSA) is 54.9 Å². The number of benzene rings is 1. The molecule has 3 rings (SSSR count). The first-order chi connectivity index (χ1) is 11.6. The zero-order valence-corrected chi connectivity index (χ0v) is 14.3. The Morgan fingerprint density at radius 1 is 1.04 bits per heavy atom. The molecule has 0 saturated carbocycles. The maximum absolute atomic E-state index is 12.6. The van der Waals surface area contributed by atoms with Gasteiger partial charge in [0.25, 0.3) is 5.91 Å². The Labute approximate surface area is 145 Å². The van der Waals surface area contributed by atoms with E-state index in [0.29, 0.717) is 16.3 Å². The number of amides is 1. The average molecular weight is 335 g/mol. The highest BCUT2D eigenvalue weighted by atomic mass is 32.2. The minimum Gasteiger partial charge on any atom is -0.322 e. The molecular formula is C19H17N3OS. The number of aryl methyl sites for hydroxylation is 2. The second-order valence-electron chi connectivity index (χ2n) is 5.42. The largest absolute Gasteiger partial charge is 0.322 e. The van der Waals surface area contributed by atoms with E-state index >= 15 is 0 Å². The Morgan fingerprint density at radius 2 is 1.83 bits per heavy atom. The fourth-order valence-electron chi connectivity index (χ4n) is 2.30. The molecule has 0 unspecified atom stereocenters. The van der Waals surface area contributed by atoms with E-state index in [0.717, 1.165) is 4.90 Å². The van der Waals surface area contributed by atoms with E-state index in [2.05, 4.69) is 47.3 Å². The highest BCUT2D eigenvalue weighted by Crippen LogP contribution is 2.31. The third-order valence-corrected chi connectivity index (χ3v) is 4.69. The number of carbonyl (C=O) groups is 1. The lowest BCUT2D eigenvalue weighted by Crippen LogP contribution is -2.13. The summed E-state index contributed by atoms with van der Waals surface area (Å²) in [6.45, 7) is 4.13. The number of nitrogens with one attached hydrogen (secondary N) is 1. The van der Waals surface area contributed by atoms with Crippen LogP contribution in [0.1, 0.15) is 21.5 Å². The highest BCUT2D eigenvalue weighted by Gasteiger charge is 2.14. The lowest BCUT2D eigenvalue weighted by Gasteiger charge is -2.10. The van der Waals surface area contributed by atoms with E-state index in [1.807, 2.05) is 0 Å². The number of hydrogen-bond donors (Lipinski definition) is 1. The molecule has 1 N–H and O–H groups in total. The van der Waals surface area contributed by atoms with Gasteiger partial charge in [0.2, 0.25) is 0 Å². The van der Waals surface area contributed by atoms with Crippen molar-refractivity contribution >= 4 is 23.4 Å². The molecule has 0 atom stereocenters. The van der Waals surface area contributed by atoms with Crippen molar-refractivity contribution in [3.05, 3.63) is 77.7 Å². The summed E-state index contributed by atoms with van der Waals surface area (Å²) in [4.78, 5) is 22.0. The molecule has 1 amide bonds. The first kappa shape index (κ1) is 16.2. The fourth-order valence-corrected chi connectivity index (χ4v) is 3.25. The smallest absolute Gasteiger partial charge is 0.258 e. The van der Waals surface area contributed by atoms with E-state index < -0.39 is 0 Å². The van der Waals surface area contributed by atoms with Gasteiger partial charge in [-0.1, -0.05) is 29.5 Å². The fraction of sp³-hybridized carbons (Fsp3) is 0.105. The van der Waals surface area contributed by atoms with Crippen molar-refractivity contribution in [1.29, 1.82) is 0 Å². The normalized spacial score (nSPS) is 10.4. The number of anilines is 1. The zero-order chi connectivity index (χ0) is 16.9. The van der Waals surface area contributed by atoms with E-state index in [9.17, 15) is 4.79 Å². The molecule has 0 aliphatic heterocycles. The van der Waals surface area contributed by atoms with Gasteiger partial charge >= 0.3 is 0 Å². The van der Waals surface area contributed by atoms with Crippen LogP contribution in [0.15, 0.2) is 71.0 Å². The minimum atomic E-state index is -0.179. The minimum absolute atomic E-state index is 0.179. The van der Waals surface area contributed by atoms with Crippen LogP contribution in [0, 0.1) is 13.8 Å². The van der Waals surface area contributed by atoms with Gasteiger partial charge in [-0.25, -0.2) is 4.98 Å². The van der Waals surface area contributed by atoms with Gasteiger partial charge in [0.05, 0.1) is 5.56 Å². The van der Waals surface area contributed by atoms with Crippen molar-refractivity contribution in [1.82, 2.24) is 9.97 Å². The van der Waals surface area contributed by atoms with Crippen LogP contribution in [-0.4, -0.2) is 15.9 Å². The van der Waals surface area contributed by atoms with Crippen molar-refractivity contribution in [2.45, 2.75) is 23.8 Å². The maximum atomic E-state index is 12.6. The van der Waals surface area contributed by atoms with Crippen molar-refractivity contribution in [2.24, 2.45) is 0 Å². The molecule has 2 aromatic heterocycles. The van der Waals surface area contributed by atoms with Crippen molar-refractivity contribution in [3.63, 3.8) is 0 Å². The average Bonchev–Trinajstić information content (AvgIpc) is 2.59. The van der Waals surface area contributed by atoms with E-state index in [1.165, 1.54) is 22.9 Å². The van der Waals surface area contributed by atoms with Crippen LogP contribution in [0.5, 0.6) is 0 Å². The van der Waals surface area contributed by atoms with Crippen LogP contribution in [0.4, 0.5) is 5.69 Å². The number of nitrogens with zero attached hydrogens (tertiary/aromatic N) is 2. The molecular weight excluding hydrogens is 318 g/mol. The number of carbonyl (C=O) groups excluding carboxylic acids is 1. The molecule has 5 heteroatoms. The maximum Gasteiger partial charge on any atom is 0.258 e. The monoisotopic (exact) mass is 335 g/mol. The van der Waals surface area contributed by atoms with Crippen molar-refractivity contribution < 1.29 is 4.79 Å². The van der Waals surface area contributed by atoms with Crippen molar-refractivity contribution in [3.8, 4) is 0 Å². The summed E-state index contributed by atoms with van der Waals surface area (Å²) >= 11 is 1.50. The summed E-state index contributed by atoms with van der Waals surface area (Å²) in [7, 11) is 0. The molecule has 4 nitrogen and oxygen atoms in total. The third kappa shape index (κ3) is 3.81. The van der Waals surface area contributed by atoms with Crippen LogP contribution in [-0.2, 0) is 0 Å². The molecule has 24 heavy (non-hydrogen) atoms. The SMILES string of the molecule is Cc1ccc(Sc2ncccc2C(=O)Nc2ccncc2)c(C)c1. The lowest BCUT2D eigenvalue weighted by molar-refractivity contribution is 0.102. The molecule has 0 aliphatic rings. The van der Waals surface area contributed by atoms with Crippen molar-refractivity contribution in [2.75, 3.05) is 5.32 Å². The summed E-state index contributed by atoms with van der Waals surface area (Å²) in [5.74, 6) is -0.179. The van der Waals surface area contributed by atoms with Crippen LogP contribution >= 0.6 is 11.8 Å². The van der Waals surface area contributed by atoms with Gasteiger partial charge in [-0.15, -0.1) is 0 Å². The molecule has 0 saturated heterocycles. The molecule has 2 heterocycles. The summed E-state index contributed by atoms with van der Waals surface area (Å²) in [5.41, 5.74) is 3.65. The Balaban J connectivity index is 1.86. The molecule has 0 bridgehead atoms. The van der Waals surface area contributed by atoms with Gasteiger partial charge < -0.3 is 5.32 Å². The number of aromatic nitrogens is 2. The Kier molecular flexibility index (Phi) is 4.91. The second-order valence-corrected chi connectivity index (χ2v) is 6.45. The van der Waals surface area contributed by atoms with Crippen LogP contribution in [0.3, 0.4) is 0 Å². The van der Waals surface area contributed by atoms with Gasteiger partial charge in [-0.3, -0.25) is 9.78 Å². The van der Waals surface area contributed by atoms with Gasteiger partial charge in [-0.2, -0.15) is 0 Å². The lowest BCUT2D eigenvalue weighted by atomic mass is 10.2. The van der Waals surface area contributed by atoms with Gasteiger partial charge in [0, 0.05) is 29.2 Å². The summed E-state index contributed by atoms with van der Waals surface area (Å²) in [6, 6.07) is 13.3. The van der Waals surface area contributed by atoms with Gasteiger partial charge in [0.1, 0.15) is 5.03 Å². The molecule has 0 fully saturated rings. The van der Waals surface area contributed by atoms with Crippen LogP contribution in [0.2, 0.25) is 0 Å². The predicted molar refractivity (Wildman–Crippen MR) is 96.5 cm³/mol. The molecule has 1 aromatic carbocycles. The standard InChI is InChI=1S/C19H17N3OS/c1-13-5-6-17(14(2)12-13)24-19-16(4-3-9-21-19)18(23)22-15-7-10-20-11-8-15/h3-12H,1-2H3,(H,20,22,23). The van der Waals surface area contributed by atoms with Gasteiger partial charge in [0.15, 0.2) is 0 Å². The molecule has 0 aliphatic carbocycles. The summed E-state index contributed by atoms with van der Waals surface area (Å²) < 4.78 is 0. The third-order valence-electron chi connectivity index (χ3n) is 3.49. The second kappa shape index (κ2) is 7.27. The summed E-state index contributed by atoms with van der Waals surface area (Å²) in [5, 5.41) is 3.57. The molecule has 0 radical (unpaired) electrons. The zero-order valence-electron chi connectivity index (χ0n) is 13.5. The number of pyridine rings is 2. The summed E-state index contributed by atoms with van der Waals surface area (Å²) in [6.07, 6.45) is 4.99. The molecule has 3 aromatic rings.